The van der Waals surface area contributed by atoms with E-state index in [4.69, 9.17) is 9.15 Å². The second kappa shape index (κ2) is 9.54. The van der Waals surface area contributed by atoms with Crippen molar-refractivity contribution in [1.29, 1.82) is 0 Å². The fourth-order valence-corrected chi connectivity index (χ4v) is 9.39. The zero-order chi connectivity index (χ0) is 27.7. The molecule has 1 amide bonds. The molecule has 0 spiro atoms. The van der Waals surface area contributed by atoms with Gasteiger partial charge in [-0.05, 0) is 99.3 Å². The number of hydrogen-bond donors (Lipinski definition) is 3. The molecule has 0 bridgehead atoms. The maximum absolute atomic E-state index is 13.7. The average Bonchev–Trinajstić information content (AvgIpc) is 3.65. The Kier molecular flexibility index (Phi) is 6.65. The molecule has 4 unspecified atom stereocenters. The van der Waals surface area contributed by atoms with Crippen LogP contribution in [0.2, 0.25) is 0 Å². The van der Waals surface area contributed by atoms with Crippen LogP contribution in [0.25, 0.3) is 0 Å². The van der Waals surface area contributed by atoms with Gasteiger partial charge in [0.05, 0.1) is 30.2 Å². The summed E-state index contributed by atoms with van der Waals surface area (Å²) in [7, 11) is 0. The summed E-state index contributed by atoms with van der Waals surface area (Å²) in [5.41, 5.74) is -1.38. The highest BCUT2D eigenvalue weighted by Crippen LogP contribution is 2.67. The number of fused-ring (bicyclic) bond motifs is 5. The van der Waals surface area contributed by atoms with Gasteiger partial charge in [-0.3, -0.25) is 9.59 Å². The molecule has 2 heterocycles. The molecule has 1 saturated heterocycles. The third kappa shape index (κ3) is 4.00. The second-order valence-electron chi connectivity index (χ2n) is 13.5. The van der Waals surface area contributed by atoms with Crippen LogP contribution in [0.15, 0.2) is 34.5 Å². The number of hydrogen-bond acceptors (Lipinski definition) is 7. The highest BCUT2D eigenvalue weighted by atomic mass is 16.5. The molecule has 8 heteroatoms. The molecule has 6 rings (SSSR count). The molecule has 3 saturated carbocycles. The molecule has 4 aliphatic carbocycles. The topological polar surface area (TPSA) is 120 Å². The maximum Gasteiger partial charge on any atom is 0.289 e. The number of carbonyl (C=O) groups excluding carboxylic acids is 2. The standard InChI is InChI=1S/C31H43NO7/c1-18(32(17-19-6-4-12-38-19)28(36)27-7-5-13-39-27)20-9-11-31(37)22-14-24(33)23-15-25(34)26(35)16-29(23,2)21(22)8-10-30(20,31)3/h5,7,13-14,18-21,23,25-26,34-35,37H,4,6,8-12,15-17H2,1-3H3/t18?,19?,20?,21?,23-,25+,26-,29+,30+,31+/m0/s1. The lowest BCUT2D eigenvalue weighted by Gasteiger charge is -2.60. The van der Waals surface area contributed by atoms with Crippen molar-refractivity contribution < 1.29 is 34.1 Å². The lowest BCUT2D eigenvalue weighted by atomic mass is 9.46. The largest absolute Gasteiger partial charge is 0.459 e. The van der Waals surface area contributed by atoms with Crippen LogP contribution in [-0.4, -0.2) is 75.0 Å². The molecule has 1 aromatic heterocycles. The highest BCUT2D eigenvalue weighted by molar-refractivity contribution is 5.95. The lowest BCUT2D eigenvalue weighted by Crippen LogP contribution is -2.61. The van der Waals surface area contributed by atoms with Gasteiger partial charge in [0.2, 0.25) is 0 Å². The Hall–Kier alpha value is -2.00. The number of amides is 1. The zero-order valence-electron chi connectivity index (χ0n) is 23.3. The molecule has 0 aromatic carbocycles. The fraction of sp³-hybridized carbons (Fsp3) is 0.742. The summed E-state index contributed by atoms with van der Waals surface area (Å²) in [4.78, 5) is 29.0. The number of carbonyl (C=O) groups is 2. The van der Waals surface area contributed by atoms with E-state index in [0.29, 0.717) is 31.8 Å². The van der Waals surface area contributed by atoms with Crippen LogP contribution < -0.4 is 0 Å². The SMILES string of the molecule is CC(C1CC[C@@]2(O)C3=CC(=O)[C@@H]4C[C@@H](O)[C@@H](O)C[C@]4(C)C3CC[C@]12C)N(CC1CCCO1)C(=O)c1ccco1. The molecule has 5 aliphatic rings. The monoisotopic (exact) mass is 541 g/mol. The van der Waals surface area contributed by atoms with E-state index in [-0.39, 0.29) is 48.0 Å². The Labute approximate surface area is 230 Å². The van der Waals surface area contributed by atoms with Crippen molar-refractivity contribution in [2.75, 3.05) is 13.2 Å². The summed E-state index contributed by atoms with van der Waals surface area (Å²) in [6.07, 6.45) is 6.77. The van der Waals surface area contributed by atoms with Crippen molar-refractivity contribution in [2.24, 2.45) is 28.6 Å². The number of aliphatic hydroxyl groups is 3. The van der Waals surface area contributed by atoms with Crippen LogP contribution in [0.1, 0.15) is 82.7 Å². The molecule has 10 atom stereocenters. The minimum Gasteiger partial charge on any atom is -0.459 e. The van der Waals surface area contributed by atoms with Crippen molar-refractivity contribution in [3.8, 4) is 0 Å². The number of ketones is 1. The smallest absolute Gasteiger partial charge is 0.289 e. The van der Waals surface area contributed by atoms with Gasteiger partial charge >= 0.3 is 0 Å². The number of nitrogens with zero attached hydrogens (tertiary/aromatic N) is 1. The van der Waals surface area contributed by atoms with Crippen LogP contribution in [0, 0.1) is 28.6 Å². The van der Waals surface area contributed by atoms with Crippen LogP contribution in [0.4, 0.5) is 0 Å². The van der Waals surface area contributed by atoms with Gasteiger partial charge in [0.15, 0.2) is 11.5 Å². The quantitative estimate of drug-likeness (QED) is 0.522. The van der Waals surface area contributed by atoms with Gasteiger partial charge in [-0.15, -0.1) is 0 Å². The third-order valence-corrected chi connectivity index (χ3v) is 11.7. The molecule has 0 radical (unpaired) electrons. The van der Waals surface area contributed by atoms with Gasteiger partial charge in [0, 0.05) is 30.5 Å². The molecule has 214 valence electrons. The van der Waals surface area contributed by atoms with Crippen molar-refractivity contribution in [3.05, 3.63) is 35.8 Å². The van der Waals surface area contributed by atoms with Gasteiger partial charge < -0.3 is 29.4 Å². The van der Waals surface area contributed by atoms with E-state index < -0.39 is 28.6 Å². The fourth-order valence-electron chi connectivity index (χ4n) is 9.39. The summed E-state index contributed by atoms with van der Waals surface area (Å²) in [6, 6.07) is 3.25. The van der Waals surface area contributed by atoms with E-state index in [1.807, 2.05) is 4.90 Å². The van der Waals surface area contributed by atoms with E-state index in [2.05, 4.69) is 20.8 Å². The van der Waals surface area contributed by atoms with Gasteiger partial charge in [0.1, 0.15) is 0 Å². The van der Waals surface area contributed by atoms with Gasteiger partial charge in [-0.25, -0.2) is 0 Å². The predicted molar refractivity (Wildman–Crippen MR) is 143 cm³/mol. The van der Waals surface area contributed by atoms with Crippen LogP contribution in [0.5, 0.6) is 0 Å². The van der Waals surface area contributed by atoms with Crippen molar-refractivity contribution in [2.45, 2.75) is 102 Å². The highest BCUT2D eigenvalue weighted by Gasteiger charge is 2.67. The number of rotatable bonds is 5. The van der Waals surface area contributed by atoms with E-state index >= 15 is 0 Å². The number of aliphatic hydroxyl groups excluding tert-OH is 2. The van der Waals surface area contributed by atoms with Crippen LogP contribution in [-0.2, 0) is 9.53 Å². The van der Waals surface area contributed by atoms with Gasteiger partial charge in [-0.2, -0.15) is 0 Å². The van der Waals surface area contributed by atoms with Crippen molar-refractivity contribution in [1.82, 2.24) is 4.90 Å². The number of allylic oxidation sites excluding steroid dienone is 1. The summed E-state index contributed by atoms with van der Waals surface area (Å²) < 4.78 is 11.4. The molecule has 39 heavy (non-hydrogen) atoms. The molecule has 3 N–H and O–H groups in total. The van der Waals surface area contributed by atoms with Crippen LogP contribution >= 0.6 is 0 Å². The first-order valence-electron chi connectivity index (χ1n) is 14.8. The number of ether oxygens (including phenoxy) is 1. The van der Waals surface area contributed by atoms with E-state index in [9.17, 15) is 24.9 Å². The summed E-state index contributed by atoms with van der Waals surface area (Å²) in [5.74, 6) is -0.253. The number of furan rings is 1. The minimum absolute atomic E-state index is 0.0150. The van der Waals surface area contributed by atoms with Crippen molar-refractivity contribution >= 4 is 11.7 Å². The predicted octanol–water partition coefficient (Wildman–Crippen LogP) is 3.49. The van der Waals surface area contributed by atoms with Gasteiger partial charge in [0.25, 0.3) is 5.91 Å². The molecule has 4 fully saturated rings. The maximum atomic E-state index is 13.7. The molecular formula is C31H43NO7. The molecule has 1 aromatic rings. The van der Waals surface area contributed by atoms with E-state index in [0.717, 1.165) is 37.7 Å². The zero-order valence-corrected chi connectivity index (χ0v) is 23.3. The molecule has 8 nitrogen and oxygen atoms in total. The normalized spacial score (nSPS) is 44.3. The Morgan fingerprint density at radius 3 is 2.64 bits per heavy atom. The third-order valence-electron chi connectivity index (χ3n) is 11.7. The minimum atomic E-state index is -1.16. The van der Waals surface area contributed by atoms with Crippen molar-refractivity contribution in [3.63, 3.8) is 0 Å². The summed E-state index contributed by atoms with van der Waals surface area (Å²) in [6.45, 7) is 7.47. The first-order valence-corrected chi connectivity index (χ1v) is 14.8. The van der Waals surface area contributed by atoms with E-state index in [1.54, 1.807) is 18.2 Å². The Morgan fingerprint density at radius 2 is 1.95 bits per heavy atom. The summed E-state index contributed by atoms with van der Waals surface area (Å²) >= 11 is 0. The van der Waals surface area contributed by atoms with Gasteiger partial charge in [-0.1, -0.05) is 13.8 Å². The Balaban J connectivity index is 1.32. The Bertz CT molecular complexity index is 1140. The second-order valence-corrected chi connectivity index (χ2v) is 13.5. The lowest BCUT2D eigenvalue weighted by molar-refractivity contribution is -0.153. The Morgan fingerprint density at radius 1 is 1.15 bits per heavy atom. The first-order chi connectivity index (χ1) is 18.5. The first kappa shape index (κ1) is 27.2. The summed E-state index contributed by atoms with van der Waals surface area (Å²) in [5, 5.41) is 33.4. The average molecular weight is 542 g/mol. The van der Waals surface area contributed by atoms with E-state index in [1.165, 1.54) is 6.26 Å². The molecular weight excluding hydrogens is 498 g/mol. The van der Waals surface area contributed by atoms with Crippen LogP contribution in [0.3, 0.4) is 0 Å². The molecule has 1 aliphatic heterocycles.